The summed E-state index contributed by atoms with van der Waals surface area (Å²) in [4.78, 5) is 3.99. The monoisotopic (exact) mass is 223 g/mol. The Labute approximate surface area is 98.6 Å². The van der Waals surface area contributed by atoms with E-state index in [2.05, 4.69) is 4.98 Å². The molecule has 0 saturated heterocycles. The highest BCUT2D eigenvalue weighted by Crippen LogP contribution is 2.29. The van der Waals surface area contributed by atoms with Gasteiger partial charge >= 0.3 is 0 Å². The molecule has 1 aromatic heterocycles. The van der Waals surface area contributed by atoms with E-state index in [1.165, 1.54) is 6.07 Å². The largest absolute Gasteiger partial charge is 0.265 e. The number of fused-ring (bicyclic) bond motifs is 1. The summed E-state index contributed by atoms with van der Waals surface area (Å²) in [5.41, 5.74) is 2.08. The number of rotatable bonds is 1. The first-order valence-corrected chi connectivity index (χ1v) is 5.44. The van der Waals surface area contributed by atoms with Crippen LogP contribution in [0.15, 0.2) is 60.9 Å². The predicted octanol–water partition coefficient (Wildman–Crippen LogP) is 4.04. The molecule has 3 rings (SSSR count). The Morgan fingerprint density at radius 3 is 2.29 bits per heavy atom. The summed E-state index contributed by atoms with van der Waals surface area (Å²) < 4.78 is 13.7. The molecule has 17 heavy (non-hydrogen) atoms. The molecule has 0 saturated carbocycles. The first-order valence-electron chi connectivity index (χ1n) is 5.44. The van der Waals surface area contributed by atoms with Gasteiger partial charge in [-0.1, -0.05) is 30.3 Å². The van der Waals surface area contributed by atoms with E-state index in [9.17, 15) is 4.39 Å². The summed E-state index contributed by atoms with van der Waals surface area (Å²) in [6.07, 6.45) is 3.49. The summed E-state index contributed by atoms with van der Waals surface area (Å²) in [5.74, 6) is -0.182. The summed E-state index contributed by atoms with van der Waals surface area (Å²) >= 11 is 0. The lowest BCUT2D eigenvalue weighted by molar-refractivity contribution is 0.640. The highest BCUT2D eigenvalue weighted by Gasteiger charge is 2.05. The average molecular weight is 223 g/mol. The highest BCUT2D eigenvalue weighted by atomic mass is 19.1. The van der Waals surface area contributed by atoms with Gasteiger partial charge in [0.1, 0.15) is 5.82 Å². The van der Waals surface area contributed by atoms with Gasteiger partial charge in [-0.2, -0.15) is 0 Å². The molecule has 0 N–H and O–H groups in total. The van der Waals surface area contributed by atoms with E-state index in [1.807, 2.05) is 30.3 Å². The molecule has 1 heterocycles. The number of benzene rings is 2. The predicted molar refractivity (Wildman–Crippen MR) is 67.1 cm³/mol. The lowest BCUT2D eigenvalue weighted by Crippen LogP contribution is -1.84. The third-order valence-electron chi connectivity index (χ3n) is 2.86. The first kappa shape index (κ1) is 9.97. The lowest BCUT2D eigenvalue weighted by Gasteiger charge is -2.06. The smallest absolute Gasteiger partial charge is 0.131 e. The number of nitrogens with zero attached hydrogens (tertiary/aromatic N) is 1. The standard InChI is InChI=1S/C15H10FN/c16-15-6-2-4-13-12(3-1-5-14(13)15)11-7-9-17-10-8-11/h1-10H. The third-order valence-corrected chi connectivity index (χ3v) is 2.86. The van der Waals surface area contributed by atoms with Crippen molar-refractivity contribution in [1.82, 2.24) is 4.98 Å². The third kappa shape index (κ3) is 1.68. The van der Waals surface area contributed by atoms with Gasteiger partial charge in [0.05, 0.1) is 0 Å². The zero-order chi connectivity index (χ0) is 11.7. The molecule has 0 bridgehead atoms. The van der Waals surface area contributed by atoms with Gasteiger partial charge in [0.25, 0.3) is 0 Å². The second kappa shape index (κ2) is 3.98. The molecule has 0 fully saturated rings. The van der Waals surface area contributed by atoms with Crippen molar-refractivity contribution in [3.05, 3.63) is 66.7 Å². The molecule has 0 unspecified atom stereocenters. The quantitative estimate of drug-likeness (QED) is 0.606. The second-order valence-corrected chi connectivity index (χ2v) is 3.88. The number of aromatic nitrogens is 1. The molecule has 0 atom stereocenters. The Morgan fingerprint density at radius 1 is 0.765 bits per heavy atom. The van der Waals surface area contributed by atoms with Crippen LogP contribution in [0, 0.1) is 5.82 Å². The van der Waals surface area contributed by atoms with Gasteiger partial charge in [-0.15, -0.1) is 0 Å². The van der Waals surface area contributed by atoms with Crippen LogP contribution in [0.3, 0.4) is 0 Å². The number of hydrogen-bond donors (Lipinski definition) is 0. The Hall–Kier alpha value is -2.22. The van der Waals surface area contributed by atoms with Crippen molar-refractivity contribution in [3.63, 3.8) is 0 Å². The van der Waals surface area contributed by atoms with Crippen molar-refractivity contribution < 1.29 is 4.39 Å². The molecule has 2 heteroatoms. The number of hydrogen-bond acceptors (Lipinski definition) is 1. The van der Waals surface area contributed by atoms with Crippen molar-refractivity contribution in [1.29, 1.82) is 0 Å². The summed E-state index contributed by atoms with van der Waals surface area (Å²) in [5, 5.41) is 1.58. The van der Waals surface area contributed by atoms with E-state index < -0.39 is 0 Å². The minimum Gasteiger partial charge on any atom is -0.265 e. The topological polar surface area (TPSA) is 12.9 Å². The fraction of sp³-hybridized carbons (Fsp3) is 0. The van der Waals surface area contributed by atoms with Crippen LogP contribution in [0.1, 0.15) is 0 Å². The van der Waals surface area contributed by atoms with Crippen LogP contribution in [-0.4, -0.2) is 4.98 Å². The van der Waals surface area contributed by atoms with Crippen molar-refractivity contribution in [2.24, 2.45) is 0 Å². The summed E-state index contributed by atoms with van der Waals surface area (Å²) in [6.45, 7) is 0. The maximum atomic E-state index is 13.7. The summed E-state index contributed by atoms with van der Waals surface area (Å²) in [6, 6.07) is 14.7. The van der Waals surface area contributed by atoms with E-state index >= 15 is 0 Å². The van der Waals surface area contributed by atoms with Gasteiger partial charge < -0.3 is 0 Å². The van der Waals surface area contributed by atoms with Gasteiger partial charge in [-0.25, -0.2) is 4.39 Å². The molecule has 0 aliphatic heterocycles. The average Bonchev–Trinajstić information content (AvgIpc) is 2.40. The molecule has 0 radical (unpaired) electrons. The van der Waals surface area contributed by atoms with Crippen molar-refractivity contribution >= 4 is 10.8 Å². The summed E-state index contributed by atoms with van der Waals surface area (Å²) in [7, 11) is 0. The Morgan fingerprint density at radius 2 is 1.47 bits per heavy atom. The SMILES string of the molecule is Fc1cccc2c(-c3ccncc3)cccc12. The van der Waals surface area contributed by atoms with Crippen LogP contribution >= 0.6 is 0 Å². The molecule has 3 aromatic rings. The normalized spacial score (nSPS) is 10.6. The molecular formula is C15H10FN. The van der Waals surface area contributed by atoms with E-state index in [4.69, 9.17) is 0 Å². The van der Waals surface area contributed by atoms with Crippen LogP contribution in [0.4, 0.5) is 4.39 Å². The molecule has 82 valence electrons. The van der Waals surface area contributed by atoms with Crippen molar-refractivity contribution in [3.8, 4) is 11.1 Å². The molecule has 0 amide bonds. The van der Waals surface area contributed by atoms with E-state index in [1.54, 1.807) is 24.5 Å². The van der Waals surface area contributed by atoms with E-state index in [0.717, 1.165) is 16.5 Å². The van der Waals surface area contributed by atoms with E-state index in [-0.39, 0.29) is 5.82 Å². The molecule has 1 nitrogen and oxygen atoms in total. The van der Waals surface area contributed by atoms with Crippen molar-refractivity contribution in [2.45, 2.75) is 0 Å². The van der Waals surface area contributed by atoms with Crippen LogP contribution in [0.25, 0.3) is 21.9 Å². The van der Waals surface area contributed by atoms with Crippen LogP contribution in [0.5, 0.6) is 0 Å². The minimum atomic E-state index is -0.182. The molecule has 0 aliphatic carbocycles. The zero-order valence-corrected chi connectivity index (χ0v) is 9.10. The van der Waals surface area contributed by atoms with Crippen molar-refractivity contribution in [2.75, 3.05) is 0 Å². The second-order valence-electron chi connectivity index (χ2n) is 3.88. The van der Waals surface area contributed by atoms with Gasteiger partial charge in [0.2, 0.25) is 0 Å². The van der Waals surface area contributed by atoms with Gasteiger partial charge in [-0.3, -0.25) is 4.98 Å². The van der Waals surface area contributed by atoms with E-state index in [0.29, 0.717) is 5.39 Å². The van der Waals surface area contributed by atoms with Gasteiger partial charge in [0.15, 0.2) is 0 Å². The lowest BCUT2D eigenvalue weighted by atomic mass is 9.99. The maximum Gasteiger partial charge on any atom is 0.131 e. The van der Waals surface area contributed by atoms with Gasteiger partial charge in [-0.05, 0) is 34.7 Å². The Bertz CT molecular complexity index is 662. The molecule has 0 spiro atoms. The number of pyridine rings is 1. The minimum absolute atomic E-state index is 0.182. The van der Waals surface area contributed by atoms with Gasteiger partial charge in [0, 0.05) is 17.8 Å². The molecule has 0 aliphatic rings. The highest BCUT2D eigenvalue weighted by molar-refractivity contribution is 5.96. The number of halogens is 1. The first-order chi connectivity index (χ1) is 8.36. The fourth-order valence-electron chi connectivity index (χ4n) is 2.05. The Balaban J connectivity index is 2.35. The molecule has 2 aromatic carbocycles. The van der Waals surface area contributed by atoms with Crippen LogP contribution in [0.2, 0.25) is 0 Å². The van der Waals surface area contributed by atoms with Crippen LogP contribution in [-0.2, 0) is 0 Å². The van der Waals surface area contributed by atoms with Crippen LogP contribution < -0.4 is 0 Å². The Kier molecular flexibility index (Phi) is 2.33. The molecular weight excluding hydrogens is 213 g/mol. The maximum absolute atomic E-state index is 13.7. The zero-order valence-electron chi connectivity index (χ0n) is 9.10. The fourth-order valence-corrected chi connectivity index (χ4v) is 2.05.